The summed E-state index contributed by atoms with van der Waals surface area (Å²) in [5.41, 5.74) is 1.42. The largest absolute Gasteiger partial charge is 0.365 e. The number of sulfonamides is 1. The molecular formula is C23H25N3O3S. The molecule has 0 atom stereocenters. The van der Waals surface area contributed by atoms with Crippen LogP contribution in [0.2, 0.25) is 0 Å². The smallest absolute Gasteiger partial charge is 0.243 e. The molecule has 6 nitrogen and oxygen atoms in total. The Morgan fingerprint density at radius 3 is 2.47 bits per heavy atom. The van der Waals surface area contributed by atoms with Gasteiger partial charge in [0.05, 0.1) is 11.4 Å². The Morgan fingerprint density at radius 1 is 0.967 bits per heavy atom. The van der Waals surface area contributed by atoms with Crippen LogP contribution in [0, 0.1) is 0 Å². The fourth-order valence-corrected chi connectivity index (χ4v) is 5.30. The first kappa shape index (κ1) is 20.4. The zero-order valence-electron chi connectivity index (χ0n) is 16.9. The Morgan fingerprint density at radius 2 is 1.70 bits per heavy atom. The first-order chi connectivity index (χ1) is 14.4. The fraction of sp³-hybridized carbons (Fsp3) is 0.261. The lowest BCUT2D eigenvalue weighted by molar-refractivity contribution is -0.114. The number of anilines is 2. The molecule has 1 saturated heterocycles. The fourth-order valence-electron chi connectivity index (χ4n) is 3.73. The van der Waals surface area contributed by atoms with E-state index in [9.17, 15) is 13.2 Å². The van der Waals surface area contributed by atoms with Crippen LogP contribution in [0.4, 0.5) is 11.4 Å². The normalized spacial score (nSPS) is 14.7. The molecule has 0 unspecified atom stereocenters. The predicted octanol–water partition coefficient (Wildman–Crippen LogP) is 3.70. The van der Waals surface area contributed by atoms with Gasteiger partial charge in [-0.15, -0.1) is 0 Å². The third-order valence-electron chi connectivity index (χ3n) is 5.38. The molecule has 3 aromatic carbocycles. The van der Waals surface area contributed by atoms with Gasteiger partial charge in [-0.1, -0.05) is 36.4 Å². The number of rotatable bonds is 6. The zero-order valence-corrected chi connectivity index (χ0v) is 17.7. The van der Waals surface area contributed by atoms with Gasteiger partial charge in [0.25, 0.3) is 0 Å². The highest BCUT2D eigenvalue weighted by Gasteiger charge is 2.27. The van der Waals surface area contributed by atoms with Gasteiger partial charge in [-0.2, -0.15) is 4.31 Å². The Bertz CT molecular complexity index is 1170. The average Bonchev–Trinajstić information content (AvgIpc) is 3.29. The van der Waals surface area contributed by atoms with Crippen LogP contribution in [0.5, 0.6) is 0 Å². The Balaban J connectivity index is 1.44. The van der Waals surface area contributed by atoms with E-state index in [0.29, 0.717) is 18.8 Å². The van der Waals surface area contributed by atoms with Gasteiger partial charge in [-0.25, -0.2) is 8.42 Å². The Kier molecular flexibility index (Phi) is 5.74. The lowest BCUT2D eigenvalue weighted by Gasteiger charge is -2.20. The minimum Gasteiger partial charge on any atom is -0.365 e. The van der Waals surface area contributed by atoms with E-state index in [1.807, 2.05) is 48.3 Å². The number of amides is 1. The van der Waals surface area contributed by atoms with E-state index in [2.05, 4.69) is 11.4 Å². The second kappa shape index (κ2) is 8.45. The van der Waals surface area contributed by atoms with Crippen molar-refractivity contribution in [3.63, 3.8) is 0 Å². The van der Waals surface area contributed by atoms with Crippen molar-refractivity contribution < 1.29 is 13.2 Å². The summed E-state index contributed by atoms with van der Waals surface area (Å²) in [6, 6.07) is 20.6. The number of nitrogens with one attached hydrogen (secondary N) is 1. The molecule has 0 bridgehead atoms. The molecule has 1 amide bonds. The van der Waals surface area contributed by atoms with Crippen molar-refractivity contribution in [1.29, 1.82) is 0 Å². The second-order valence-electron chi connectivity index (χ2n) is 7.57. The van der Waals surface area contributed by atoms with Crippen molar-refractivity contribution in [1.82, 2.24) is 4.31 Å². The molecular weight excluding hydrogens is 398 g/mol. The summed E-state index contributed by atoms with van der Waals surface area (Å²) in [7, 11) is -1.65. The van der Waals surface area contributed by atoms with Crippen molar-refractivity contribution in [2.24, 2.45) is 0 Å². The number of nitrogens with zero attached hydrogens (tertiary/aromatic N) is 2. The van der Waals surface area contributed by atoms with E-state index in [0.717, 1.165) is 29.3 Å². The molecule has 1 aliphatic rings. The SMILES string of the molecule is CN(CC(=O)Nc1cccc(S(=O)(=O)N2CCCC2)c1)c1ccc2ccccc2c1. The molecule has 1 heterocycles. The summed E-state index contributed by atoms with van der Waals surface area (Å²) in [4.78, 5) is 14.6. The lowest BCUT2D eigenvalue weighted by atomic mass is 10.1. The molecule has 30 heavy (non-hydrogen) atoms. The first-order valence-corrected chi connectivity index (χ1v) is 11.5. The van der Waals surface area contributed by atoms with Gasteiger partial charge in [0, 0.05) is 31.5 Å². The molecule has 156 valence electrons. The number of benzene rings is 3. The van der Waals surface area contributed by atoms with Crippen LogP contribution >= 0.6 is 0 Å². The van der Waals surface area contributed by atoms with E-state index < -0.39 is 10.0 Å². The molecule has 0 saturated carbocycles. The van der Waals surface area contributed by atoms with Gasteiger partial charge in [0.15, 0.2) is 0 Å². The Hall–Kier alpha value is -2.90. The van der Waals surface area contributed by atoms with Gasteiger partial charge in [0.2, 0.25) is 15.9 Å². The van der Waals surface area contributed by atoms with Crippen LogP contribution in [0.1, 0.15) is 12.8 Å². The van der Waals surface area contributed by atoms with Crippen molar-refractivity contribution in [3.05, 3.63) is 66.7 Å². The van der Waals surface area contributed by atoms with Crippen molar-refractivity contribution in [2.45, 2.75) is 17.7 Å². The molecule has 0 aliphatic carbocycles. The molecule has 1 aliphatic heterocycles. The number of fused-ring (bicyclic) bond motifs is 1. The highest BCUT2D eigenvalue weighted by Crippen LogP contribution is 2.24. The number of hydrogen-bond acceptors (Lipinski definition) is 4. The van der Waals surface area contributed by atoms with Gasteiger partial charge in [-0.05, 0) is 53.9 Å². The topological polar surface area (TPSA) is 69.7 Å². The van der Waals surface area contributed by atoms with Gasteiger partial charge in [0.1, 0.15) is 0 Å². The molecule has 0 aromatic heterocycles. The zero-order chi connectivity index (χ0) is 21.1. The summed E-state index contributed by atoms with van der Waals surface area (Å²) in [6.45, 7) is 1.26. The quantitative estimate of drug-likeness (QED) is 0.656. The van der Waals surface area contributed by atoms with Crippen molar-refractivity contribution in [3.8, 4) is 0 Å². The summed E-state index contributed by atoms with van der Waals surface area (Å²) < 4.78 is 27.0. The van der Waals surface area contributed by atoms with Crippen LogP contribution in [-0.4, -0.2) is 45.3 Å². The molecule has 4 rings (SSSR count). The van der Waals surface area contributed by atoms with Crippen LogP contribution in [0.25, 0.3) is 10.8 Å². The van der Waals surface area contributed by atoms with Gasteiger partial charge < -0.3 is 10.2 Å². The monoisotopic (exact) mass is 423 g/mol. The minimum absolute atomic E-state index is 0.154. The van der Waals surface area contributed by atoms with Crippen LogP contribution in [0.3, 0.4) is 0 Å². The maximum absolute atomic E-state index is 12.7. The average molecular weight is 424 g/mol. The number of likely N-dealkylation sites (N-methyl/N-ethyl adjacent to an activating group) is 1. The summed E-state index contributed by atoms with van der Waals surface area (Å²) in [5.74, 6) is -0.207. The Labute approximate surface area is 177 Å². The van der Waals surface area contributed by atoms with Crippen molar-refractivity contribution in [2.75, 3.05) is 36.9 Å². The summed E-state index contributed by atoms with van der Waals surface area (Å²) >= 11 is 0. The van der Waals surface area contributed by atoms with Crippen LogP contribution in [0.15, 0.2) is 71.6 Å². The van der Waals surface area contributed by atoms with E-state index in [-0.39, 0.29) is 17.3 Å². The standard InChI is InChI=1S/C23H25N3O3S/c1-25(21-12-11-18-7-2-3-8-19(18)15-21)17-23(27)24-20-9-6-10-22(16-20)30(28,29)26-13-4-5-14-26/h2-3,6-12,15-16H,4-5,13-14,17H2,1H3,(H,24,27). The molecule has 7 heteroatoms. The summed E-state index contributed by atoms with van der Waals surface area (Å²) in [5, 5.41) is 5.08. The van der Waals surface area contributed by atoms with Gasteiger partial charge in [-0.3, -0.25) is 4.79 Å². The third kappa shape index (κ3) is 4.32. The second-order valence-corrected chi connectivity index (χ2v) is 9.51. The first-order valence-electron chi connectivity index (χ1n) is 10.0. The molecule has 1 fully saturated rings. The maximum atomic E-state index is 12.7. The molecule has 0 radical (unpaired) electrons. The number of carbonyl (C=O) groups is 1. The van der Waals surface area contributed by atoms with E-state index in [1.54, 1.807) is 18.2 Å². The highest BCUT2D eigenvalue weighted by atomic mass is 32.2. The summed E-state index contributed by atoms with van der Waals surface area (Å²) in [6.07, 6.45) is 1.77. The van der Waals surface area contributed by atoms with Gasteiger partial charge >= 0.3 is 0 Å². The third-order valence-corrected chi connectivity index (χ3v) is 7.27. The van der Waals surface area contributed by atoms with E-state index >= 15 is 0 Å². The molecule has 1 N–H and O–H groups in total. The van der Waals surface area contributed by atoms with Crippen LogP contribution < -0.4 is 10.2 Å². The van der Waals surface area contributed by atoms with E-state index in [1.165, 1.54) is 10.4 Å². The predicted molar refractivity (Wildman–Crippen MR) is 120 cm³/mol. The number of hydrogen-bond donors (Lipinski definition) is 1. The van der Waals surface area contributed by atoms with Crippen molar-refractivity contribution >= 4 is 38.1 Å². The molecule has 0 spiro atoms. The van der Waals surface area contributed by atoms with E-state index in [4.69, 9.17) is 0 Å². The number of carbonyl (C=O) groups excluding carboxylic acids is 1. The van der Waals surface area contributed by atoms with Crippen LogP contribution in [-0.2, 0) is 14.8 Å². The molecule has 3 aromatic rings. The highest BCUT2D eigenvalue weighted by molar-refractivity contribution is 7.89. The minimum atomic E-state index is -3.51. The maximum Gasteiger partial charge on any atom is 0.243 e. The lowest BCUT2D eigenvalue weighted by Crippen LogP contribution is -2.30.